The molecule has 4 aromatic rings. The van der Waals surface area contributed by atoms with E-state index >= 15 is 0 Å². The summed E-state index contributed by atoms with van der Waals surface area (Å²) in [6, 6.07) is 4.56. The first-order chi connectivity index (χ1) is 14.3. The summed E-state index contributed by atoms with van der Waals surface area (Å²) in [6.07, 6.45) is 0.387. The summed E-state index contributed by atoms with van der Waals surface area (Å²) < 4.78 is 31.0. The quantitative estimate of drug-likeness (QED) is 0.470. The summed E-state index contributed by atoms with van der Waals surface area (Å²) in [4.78, 5) is 33.4. The molecule has 0 aliphatic heterocycles. The number of furan rings is 1. The number of hydrogen-bond donors (Lipinski definition) is 0. The molecule has 1 unspecified atom stereocenters. The van der Waals surface area contributed by atoms with E-state index < -0.39 is 23.4 Å². The van der Waals surface area contributed by atoms with Gasteiger partial charge < -0.3 is 18.2 Å². The van der Waals surface area contributed by atoms with Gasteiger partial charge in [0.15, 0.2) is 6.10 Å². The highest BCUT2D eigenvalue weighted by Gasteiger charge is 2.27. The fourth-order valence-corrected chi connectivity index (χ4v) is 2.95. The number of fused-ring (bicyclic) bond motifs is 1. The first-order valence-corrected chi connectivity index (χ1v) is 9.02. The highest BCUT2D eigenvalue weighted by Crippen LogP contribution is 2.26. The van der Waals surface area contributed by atoms with Crippen molar-refractivity contribution >= 4 is 17.1 Å². The predicted octanol–water partition coefficient (Wildman–Crippen LogP) is 3.25. The van der Waals surface area contributed by atoms with Gasteiger partial charge in [0.1, 0.15) is 28.9 Å². The summed E-state index contributed by atoms with van der Waals surface area (Å²) in [5, 5.41) is 3.85. The molecule has 0 spiro atoms. The minimum Gasteiger partial charge on any atom is -0.449 e. The third-order valence-corrected chi connectivity index (χ3v) is 4.66. The van der Waals surface area contributed by atoms with Gasteiger partial charge in [-0.25, -0.2) is 14.2 Å². The van der Waals surface area contributed by atoms with Crippen molar-refractivity contribution in [1.82, 2.24) is 19.7 Å². The van der Waals surface area contributed by atoms with E-state index in [1.54, 1.807) is 32.9 Å². The van der Waals surface area contributed by atoms with Crippen molar-refractivity contribution in [2.45, 2.75) is 26.9 Å². The van der Waals surface area contributed by atoms with Gasteiger partial charge in [-0.15, -0.1) is 0 Å². The van der Waals surface area contributed by atoms with Gasteiger partial charge in [0, 0.05) is 12.6 Å². The van der Waals surface area contributed by atoms with Gasteiger partial charge in [-0.1, -0.05) is 17.3 Å². The first-order valence-electron chi connectivity index (χ1n) is 9.02. The van der Waals surface area contributed by atoms with Gasteiger partial charge in [0.25, 0.3) is 11.4 Å². The molecule has 0 bridgehead atoms. The van der Waals surface area contributed by atoms with Crippen LogP contribution >= 0.6 is 0 Å². The minimum absolute atomic E-state index is 0.00843. The van der Waals surface area contributed by atoms with Gasteiger partial charge in [-0.05, 0) is 32.4 Å². The Morgan fingerprint density at radius 3 is 2.80 bits per heavy atom. The van der Waals surface area contributed by atoms with Crippen molar-refractivity contribution < 1.29 is 22.9 Å². The summed E-state index contributed by atoms with van der Waals surface area (Å²) in [6.45, 7) is 4.73. The van der Waals surface area contributed by atoms with E-state index in [0.29, 0.717) is 11.1 Å². The molecule has 1 aromatic carbocycles. The Balaban J connectivity index is 1.61. The van der Waals surface area contributed by atoms with E-state index in [2.05, 4.69) is 15.1 Å². The molecule has 4 rings (SSSR count). The zero-order valence-corrected chi connectivity index (χ0v) is 16.6. The Morgan fingerprint density at radius 1 is 1.30 bits per heavy atom. The Hall–Kier alpha value is -3.82. The molecule has 0 amide bonds. The average Bonchev–Trinajstić information content (AvgIpc) is 3.32. The summed E-state index contributed by atoms with van der Waals surface area (Å²) in [5.74, 6) is -0.786. The van der Waals surface area contributed by atoms with Gasteiger partial charge in [-0.2, -0.15) is 4.98 Å². The number of aromatic nitrogens is 4. The van der Waals surface area contributed by atoms with Gasteiger partial charge in [0.05, 0.1) is 0 Å². The molecule has 0 aliphatic carbocycles. The maximum absolute atomic E-state index is 13.8. The van der Waals surface area contributed by atoms with Crippen LogP contribution in [0.1, 0.15) is 40.6 Å². The van der Waals surface area contributed by atoms with Crippen molar-refractivity contribution in [1.29, 1.82) is 0 Å². The van der Waals surface area contributed by atoms with Crippen LogP contribution in [0.3, 0.4) is 0 Å². The van der Waals surface area contributed by atoms with E-state index in [1.165, 1.54) is 24.0 Å². The summed E-state index contributed by atoms with van der Waals surface area (Å²) >= 11 is 0. The molecule has 10 heteroatoms. The number of aryl methyl sites for hydroxylation is 3. The molecular weight excluding hydrogens is 395 g/mol. The Labute approximate surface area is 169 Å². The van der Waals surface area contributed by atoms with Crippen molar-refractivity contribution in [2.24, 2.45) is 7.05 Å². The standard InChI is InChI=1S/C20H17FN4O5/c1-9-5-6-12(7-13(9)21)16-23-17(30-24-16)11(3)29-20(27)14-10(2)28-18-15(14)19(26)25(4)8-22-18/h5-8,11H,1-4H3. The van der Waals surface area contributed by atoms with Crippen LogP contribution in [0.5, 0.6) is 0 Å². The molecule has 30 heavy (non-hydrogen) atoms. The number of halogens is 1. The van der Waals surface area contributed by atoms with E-state index in [-0.39, 0.29) is 34.1 Å². The highest BCUT2D eigenvalue weighted by atomic mass is 19.1. The highest BCUT2D eigenvalue weighted by molar-refractivity contribution is 6.03. The van der Waals surface area contributed by atoms with Crippen molar-refractivity contribution in [2.75, 3.05) is 0 Å². The molecule has 0 saturated heterocycles. The lowest BCUT2D eigenvalue weighted by atomic mass is 10.1. The number of rotatable bonds is 4. The fraction of sp³-hybridized carbons (Fsp3) is 0.250. The second-order valence-electron chi connectivity index (χ2n) is 6.84. The van der Waals surface area contributed by atoms with Crippen LogP contribution in [0.15, 0.2) is 38.3 Å². The lowest BCUT2D eigenvalue weighted by Gasteiger charge is -2.08. The molecule has 0 aliphatic rings. The zero-order chi connectivity index (χ0) is 21.6. The van der Waals surface area contributed by atoms with Crippen LogP contribution in [-0.4, -0.2) is 25.7 Å². The molecule has 0 saturated carbocycles. The monoisotopic (exact) mass is 412 g/mol. The van der Waals surface area contributed by atoms with Crippen molar-refractivity contribution in [3.05, 3.63) is 63.5 Å². The molecular formula is C20H17FN4O5. The van der Waals surface area contributed by atoms with Crippen LogP contribution < -0.4 is 5.56 Å². The Morgan fingerprint density at radius 2 is 2.07 bits per heavy atom. The molecule has 154 valence electrons. The maximum Gasteiger partial charge on any atom is 0.343 e. The number of carbonyl (C=O) groups is 1. The molecule has 0 fully saturated rings. The average molecular weight is 412 g/mol. The van der Waals surface area contributed by atoms with E-state index in [0.717, 1.165) is 0 Å². The van der Waals surface area contributed by atoms with Crippen molar-refractivity contribution in [3.63, 3.8) is 0 Å². The van der Waals surface area contributed by atoms with Crippen LogP contribution in [0.4, 0.5) is 4.39 Å². The van der Waals surface area contributed by atoms with Crippen LogP contribution in [0, 0.1) is 19.7 Å². The van der Waals surface area contributed by atoms with Gasteiger partial charge in [-0.3, -0.25) is 4.79 Å². The fourth-order valence-electron chi connectivity index (χ4n) is 2.95. The van der Waals surface area contributed by atoms with Crippen molar-refractivity contribution in [3.8, 4) is 11.4 Å². The Bertz CT molecular complexity index is 1340. The summed E-state index contributed by atoms with van der Waals surface area (Å²) in [5.41, 5.74) is 0.534. The maximum atomic E-state index is 13.8. The van der Waals surface area contributed by atoms with Gasteiger partial charge in [0.2, 0.25) is 11.5 Å². The number of nitrogens with zero attached hydrogens (tertiary/aromatic N) is 4. The SMILES string of the molecule is Cc1ccc(-c2noc(C(C)OC(=O)c3c(C)oc4ncn(C)c(=O)c34)n2)cc1F. The number of hydrogen-bond acceptors (Lipinski definition) is 8. The smallest absolute Gasteiger partial charge is 0.343 e. The molecule has 0 N–H and O–H groups in total. The van der Waals surface area contributed by atoms with E-state index in [9.17, 15) is 14.0 Å². The zero-order valence-electron chi connectivity index (χ0n) is 16.6. The normalized spacial score (nSPS) is 12.3. The number of benzene rings is 1. The predicted molar refractivity (Wildman–Crippen MR) is 102 cm³/mol. The van der Waals surface area contributed by atoms with Crippen LogP contribution in [0.25, 0.3) is 22.5 Å². The molecule has 3 aromatic heterocycles. The molecule has 3 heterocycles. The lowest BCUT2D eigenvalue weighted by molar-refractivity contribution is 0.0265. The molecule has 9 nitrogen and oxygen atoms in total. The number of carbonyl (C=O) groups excluding carboxylic acids is 1. The van der Waals surface area contributed by atoms with E-state index in [4.69, 9.17) is 13.7 Å². The number of esters is 1. The number of ether oxygens (including phenoxy) is 1. The largest absolute Gasteiger partial charge is 0.449 e. The van der Waals surface area contributed by atoms with Crippen LogP contribution in [0.2, 0.25) is 0 Å². The van der Waals surface area contributed by atoms with Crippen LogP contribution in [-0.2, 0) is 11.8 Å². The van der Waals surface area contributed by atoms with Gasteiger partial charge >= 0.3 is 5.97 Å². The van der Waals surface area contributed by atoms with E-state index in [1.807, 2.05) is 0 Å². The first kappa shape index (κ1) is 19.5. The third kappa shape index (κ3) is 3.25. The Kier molecular flexibility index (Phi) is 4.69. The second-order valence-corrected chi connectivity index (χ2v) is 6.84. The minimum atomic E-state index is -0.918. The third-order valence-electron chi connectivity index (χ3n) is 4.66. The lowest BCUT2D eigenvalue weighted by Crippen LogP contribution is -2.19. The molecule has 1 atom stereocenters. The topological polar surface area (TPSA) is 113 Å². The molecule has 0 radical (unpaired) electrons. The summed E-state index contributed by atoms with van der Waals surface area (Å²) in [7, 11) is 1.52. The second kappa shape index (κ2) is 7.21.